The van der Waals surface area contributed by atoms with Gasteiger partial charge >= 0.3 is 0 Å². The van der Waals surface area contributed by atoms with Gasteiger partial charge in [0.25, 0.3) is 0 Å². The minimum Gasteiger partial charge on any atom is -0.314 e. The van der Waals surface area contributed by atoms with Crippen molar-refractivity contribution in [3.63, 3.8) is 0 Å². The quantitative estimate of drug-likeness (QED) is 0.935. The Morgan fingerprint density at radius 2 is 2.07 bits per heavy atom. The van der Waals surface area contributed by atoms with Gasteiger partial charge in [0, 0.05) is 11.0 Å². The van der Waals surface area contributed by atoms with Gasteiger partial charge in [-0.2, -0.15) is 0 Å². The molecule has 0 radical (unpaired) electrons. The summed E-state index contributed by atoms with van der Waals surface area (Å²) in [6.45, 7) is 0.814. The smallest absolute Gasteiger partial charge is 0.0802 e. The van der Waals surface area contributed by atoms with E-state index in [0.717, 1.165) is 16.7 Å². The Hall–Kier alpha value is -0.710. The fourth-order valence-corrected chi connectivity index (χ4v) is 2.48. The predicted octanol–water partition coefficient (Wildman–Crippen LogP) is 3.29. The average molecular weight is 283 g/mol. The second-order valence-corrected chi connectivity index (χ2v) is 4.94. The SMILES string of the molecule is CNCc1ncsc1-c1ccc(Br)cc1. The molecule has 0 aliphatic heterocycles. The van der Waals surface area contributed by atoms with Crippen molar-refractivity contribution in [3.8, 4) is 10.4 Å². The molecule has 1 aromatic heterocycles. The first-order valence-electron chi connectivity index (χ1n) is 4.64. The first-order chi connectivity index (χ1) is 7.31. The molecule has 4 heteroatoms. The van der Waals surface area contributed by atoms with Gasteiger partial charge in [-0.05, 0) is 24.7 Å². The Labute approximate surface area is 101 Å². The van der Waals surface area contributed by atoms with Gasteiger partial charge in [0.05, 0.1) is 16.1 Å². The molecule has 0 aliphatic rings. The molecule has 2 nitrogen and oxygen atoms in total. The van der Waals surface area contributed by atoms with Gasteiger partial charge < -0.3 is 5.32 Å². The molecule has 2 rings (SSSR count). The number of hydrogen-bond donors (Lipinski definition) is 1. The Balaban J connectivity index is 2.36. The van der Waals surface area contributed by atoms with E-state index in [1.54, 1.807) is 11.3 Å². The van der Waals surface area contributed by atoms with Crippen molar-refractivity contribution in [2.24, 2.45) is 0 Å². The summed E-state index contributed by atoms with van der Waals surface area (Å²) in [5, 5.41) is 3.13. The largest absolute Gasteiger partial charge is 0.314 e. The number of thiazole rings is 1. The molecular weight excluding hydrogens is 272 g/mol. The zero-order valence-corrected chi connectivity index (χ0v) is 10.7. The number of nitrogens with zero attached hydrogens (tertiary/aromatic N) is 1. The lowest BCUT2D eigenvalue weighted by Crippen LogP contribution is -2.06. The Morgan fingerprint density at radius 1 is 1.33 bits per heavy atom. The third-order valence-corrected chi connectivity index (χ3v) is 3.54. The molecule has 0 unspecified atom stereocenters. The third kappa shape index (κ3) is 2.45. The lowest BCUT2D eigenvalue weighted by Gasteiger charge is -2.01. The van der Waals surface area contributed by atoms with Crippen LogP contribution in [0, 0.1) is 0 Å². The third-order valence-electron chi connectivity index (χ3n) is 2.09. The van der Waals surface area contributed by atoms with Gasteiger partial charge in [0.1, 0.15) is 0 Å². The zero-order valence-electron chi connectivity index (χ0n) is 8.33. The van der Waals surface area contributed by atoms with Gasteiger partial charge in [-0.15, -0.1) is 11.3 Å². The van der Waals surface area contributed by atoms with Crippen LogP contribution in [0.15, 0.2) is 34.2 Å². The van der Waals surface area contributed by atoms with Gasteiger partial charge in [-0.1, -0.05) is 28.1 Å². The highest BCUT2D eigenvalue weighted by atomic mass is 79.9. The second kappa shape index (κ2) is 4.88. The topological polar surface area (TPSA) is 24.9 Å². The molecule has 0 aliphatic carbocycles. The maximum absolute atomic E-state index is 4.35. The molecule has 0 fully saturated rings. The van der Waals surface area contributed by atoms with Crippen LogP contribution in [0.25, 0.3) is 10.4 Å². The van der Waals surface area contributed by atoms with Crippen molar-refractivity contribution >= 4 is 27.3 Å². The van der Waals surface area contributed by atoms with E-state index in [9.17, 15) is 0 Å². The Kier molecular flexibility index (Phi) is 3.51. The number of halogens is 1. The molecule has 1 aromatic carbocycles. The fourth-order valence-electron chi connectivity index (χ4n) is 1.40. The van der Waals surface area contributed by atoms with Crippen molar-refractivity contribution in [3.05, 3.63) is 39.9 Å². The maximum Gasteiger partial charge on any atom is 0.0802 e. The van der Waals surface area contributed by atoms with Crippen LogP contribution in [-0.2, 0) is 6.54 Å². The van der Waals surface area contributed by atoms with E-state index in [2.05, 4.69) is 50.5 Å². The molecule has 15 heavy (non-hydrogen) atoms. The van der Waals surface area contributed by atoms with E-state index in [-0.39, 0.29) is 0 Å². The van der Waals surface area contributed by atoms with Crippen LogP contribution < -0.4 is 5.32 Å². The van der Waals surface area contributed by atoms with E-state index in [1.807, 2.05) is 12.6 Å². The molecule has 0 saturated heterocycles. The molecule has 1 heterocycles. The summed E-state index contributed by atoms with van der Waals surface area (Å²) < 4.78 is 1.10. The fraction of sp³-hybridized carbons (Fsp3) is 0.182. The summed E-state index contributed by atoms with van der Waals surface area (Å²) in [5.74, 6) is 0. The number of nitrogens with one attached hydrogen (secondary N) is 1. The minimum absolute atomic E-state index is 0.814. The summed E-state index contributed by atoms with van der Waals surface area (Å²) in [6.07, 6.45) is 0. The summed E-state index contributed by atoms with van der Waals surface area (Å²) in [6, 6.07) is 8.32. The molecular formula is C11H11BrN2S. The molecule has 0 bridgehead atoms. The van der Waals surface area contributed by atoms with Crippen LogP contribution in [0.5, 0.6) is 0 Å². The van der Waals surface area contributed by atoms with E-state index >= 15 is 0 Å². The standard InChI is InChI=1S/C11H11BrN2S/c1-13-6-10-11(15-7-14-10)8-2-4-9(12)5-3-8/h2-5,7,13H,6H2,1H3. The van der Waals surface area contributed by atoms with Gasteiger partial charge in [-0.3, -0.25) is 0 Å². The van der Waals surface area contributed by atoms with Crippen LogP contribution in [0.4, 0.5) is 0 Å². The minimum atomic E-state index is 0.814. The van der Waals surface area contributed by atoms with E-state index in [4.69, 9.17) is 0 Å². The predicted molar refractivity (Wildman–Crippen MR) is 68.0 cm³/mol. The van der Waals surface area contributed by atoms with Crippen LogP contribution >= 0.6 is 27.3 Å². The monoisotopic (exact) mass is 282 g/mol. The van der Waals surface area contributed by atoms with Crippen molar-refractivity contribution in [2.75, 3.05) is 7.05 Å². The van der Waals surface area contributed by atoms with Gasteiger partial charge in [-0.25, -0.2) is 4.98 Å². The Morgan fingerprint density at radius 3 is 2.73 bits per heavy atom. The molecule has 1 N–H and O–H groups in total. The van der Waals surface area contributed by atoms with Crippen LogP contribution in [-0.4, -0.2) is 12.0 Å². The Bertz CT molecular complexity index is 436. The lowest BCUT2D eigenvalue weighted by atomic mass is 10.1. The second-order valence-electron chi connectivity index (χ2n) is 3.17. The molecule has 2 aromatic rings. The summed E-state index contributed by atoms with van der Waals surface area (Å²) in [4.78, 5) is 5.60. The summed E-state index contributed by atoms with van der Waals surface area (Å²) in [5.41, 5.74) is 4.24. The highest BCUT2D eigenvalue weighted by molar-refractivity contribution is 9.10. The zero-order chi connectivity index (χ0) is 10.7. The van der Waals surface area contributed by atoms with Crippen LogP contribution in [0.3, 0.4) is 0 Å². The maximum atomic E-state index is 4.35. The highest BCUT2D eigenvalue weighted by Crippen LogP contribution is 2.28. The number of aromatic nitrogens is 1. The molecule has 0 amide bonds. The molecule has 78 valence electrons. The van der Waals surface area contributed by atoms with Crippen LogP contribution in [0.2, 0.25) is 0 Å². The highest BCUT2D eigenvalue weighted by Gasteiger charge is 2.07. The van der Waals surface area contributed by atoms with Crippen molar-refractivity contribution < 1.29 is 0 Å². The van der Waals surface area contributed by atoms with E-state index in [0.29, 0.717) is 0 Å². The molecule has 0 saturated carbocycles. The number of benzene rings is 1. The number of hydrogen-bond acceptors (Lipinski definition) is 3. The number of rotatable bonds is 3. The van der Waals surface area contributed by atoms with E-state index < -0.39 is 0 Å². The first-order valence-corrected chi connectivity index (χ1v) is 6.31. The molecule has 0 atom stereocenters. The van der Waals surface area contributed by atoms with E-state index in [1.165, 1.54) is 10.4 Å². The van der Waals surface area contributed by atoms with Crippen molar-refractivity contribution in [1.82, 2.24) is 10.3 Å². The van der Waals surface area contributed by atoms with Crippen molar-refractivity contribution in [1.29, 1.82) is 0 Å². The lowest BCUT2D eigenvalue weighted by molar-refractivity contribution is 0.799. The summed E-state index contributed by atoms with van der Waals surface area (Å²) in [7, 11) is 1.94. The average Bonchev–Trinajstić information content (AvgIpc) is 2.68. The first kappa shape index (κ1) is 10.8. The van der Waals surface area contributed by atoms with Crippen LogP contribution in [0.1, 0.15) is 5.69 Å². The normalized spacial score (nSPS) is 10.5. The molecule has 0 spiro atoms. The van der Waals surface area contributed by atoms with Gasteiger partial charge in [0.15, 0.2) is 0 Å². The van der Waals surface area contributed by atoms with Crippen molar-refractivity contribution in [2.45, 2.75) is 6.54 Å². The summed E-state index contributed by atoms with van der Waals surface area (Å²) >= 11 is 5.12. The van der Waals surface area contributed by atoms with Gasteiger partial charge in [0.2, 0.25) is 0 Å².